The number of H-pyrrole nitrogens is 1. The fourth-order valence-electron chi connectivity index (χ4n) is 2.43. The van der Waals surface area contributed by atoms with E-state index >= 15 is 0 Å². The van der Waals surface area contributed by atoms with Gasteiger partial charge in [0.1, 0.15) is 0 Å². The lowest BCUT2D eigenvalue weighted by Crippen LogP contribution is -2.25. The molecule has 1 heterocycles. The molecule has 1 fully saturated rings. The number of nitrogens with one attached hydrogen (secondary N) is 1. The molecule has 5 heteroatoms. The quantitative estimate of drug-likeness (QED) is 0.907. The third kappa shape index (κ3) is 2.40. The Balaban J connectivity index is 1.74. The summed E-state index contributed by atoms with van der Waals surface area (Å²) < 4.78 is 5.04. The van der Waals surface area contributed by atoms with Gasteiger partial charge in [0.15, 0.2) is 5.58 Å². The molecule has 0 spiro atoms. The second kappa shape index (κ2) is 4.25. The minimum Gasteiger partial charge on any atom is -0.408 e. The smallest absolute Gasteiger partial charge is 0.408 e. The Morgan fingerprint density at radius 1 is 1.53 bits per heavy atom. The van der Waals surface area contributed by atoms with E-state index in [-0.39, 0.29) is 5.41 Å². The molecule has 0 unspecified atom stereocenters. The van der Waals surface area contributed by atoms with Crippen LogP contribution in [0.3, 0.4) is 0 Å². The average molecular weight is 257 g/mol. The molecule has 1 aromatic heterocycles. The molecular weight excluding hydrogens is 242 g/mol. The summed E-state index contributed by atoms with van der Waals surface area (Å²) in [5, 5.41) is 9.09. The molecule has 1 N–H and O–H groups in total. The Bertz CT molecular complexity index is 703. The average Bonchev–Trinajstić information content (AvgIpc) is 3.03. The summed E-state index contributed by atoms with van der Waals surface area (Å²) in [4.78, 5) is 15.8. The lowest BCUT2D eigenvalue weighted by atomic mass is 10.1. The lowest BCUT2D eigenvalue weighted by Gasteiger charge is -2.19. The van der Waals surface area contributed by atoms with Gasteiger partial charge >= 0.3 is 5.76 Å². The summed E-state index contributed by atoms with van der Waals surface area (Å²) in [6.45, 7) is 1.53. The molecule has 0 amide bonds. The predicted octanol–water partition coefficient (Wildman–Crippen LogP) is 1.86. The van der Waals surface area contributed by atoms with Crippen LogP contribution in [0.2, 0.25) is 0 Å². The number of nitrogens with zero attached hydrogens (tertiary/aromatic N) is 2. The number of oxazole rings is 1. The highest BCUT2D eigenvalue weighted by molar-refractivity contribution is 5.72. The molecule has 0 aliphatic heterocycles. The maximum Gasteiger partial charge on any atom is 0.417 e. The SMILES string of the molecule is CN(Cc1ccc2[nH]c(=O)oc2c1)CC1(C#N)CC1. The van der Waals surface area contributed by atoms with E-state index in [4.69, 9.17) is 9.68 Å². The maximum absolute atomic E-state index is 11.1. The fraction of sp³-hybridized carbons (Fsp3) is 0.429. The first-order chi connectivity index (χ1) is 9.10. The standard InChI is InChI=1S/C14H15N3O2/c1-17(9-14(8-15)4-5-14)7-10-2-3-11-12(6-10)19-13(18)16-11/h2-3,6H,4-5,7,9H2,1H3,(H,16,18). The molecule has 3 rings (SSSR count). The Labute approximate surface area is 110 Å². The predicted molar refractivity (Wildman–Crippen MR) is 70.4 cm³/mol. The number of nitriles is 1. The highest BCUT2D eigenvalue weighted by Gasteiger charge is 2.43. The van der Waals surface area contributed by atoms with Crippen LogP contribution in [0.1, 0.15) is 18.4 Å². The van der Waals surface area contributed by atoms with Gasteiger partial charge in [0, 0.05) is 13.1 Å². The van der Waals surface area contributed by atoms with Gasteiger partial charge in [-0.1, -0.05) is 6.07 Å². The van der Waals surface area contributed by atoms with Crippen LogP contribution in [0.4, 0.5) is 0 Å². The number of hydrogen-bond acceptors (Lipinski definition) is 4. The van der Waals surface area contributed by atoms with Crippen LogP contribution >= 0.6 is 0 Å². The van der Waals surface area contributed by atoms with Gasteiger partial charge in [-0.25, -0.2) is 4.79 Å². The molecule has 0 atom stereocenters. The van der Waals surface area contributed by atoms with Gasteiger partial charge in [-0.15, -0.1) is 0 Å². The minimum absolute atomic E-state index is 0.125. The van der Waals surface area contributed by atoms with Crippen LogP contribution in [0.25, 0.3) is 11.1 Å². The van der Waals surface area contributed by atoms with Crippen molar-refractivity contribution >= 4 is 11.1 Å². The first-order valence-corrected chi connectivity index (χ1v) is 6.32. The molecule has 2 aromatic rings. The van der Waals surface area contributed by atoms with Crippen molar-refractivity contribution in [2.24, 2.45) is 5.41 Å². The van der Waals surface area contributed by atoms with Gasteiger partial charge in [-0.3, -0.25) is 4.98 Å². The lowest BCUT2D eigenvalue weighted by molar-refractivity contribution is 0.286. The van der Waals surface area contributed by atoms with E-state index in [9.17, 15) is 4.79 Å². The van der Waals surface area contributed by atoms with Crippen molar-refractivity contribution < 1.29 is 4.42 Å². The fourth-order valence-corrected chi connectivity index (χ4v) is 2.43. The molecule has 0 saturated heterocycles. The number of hydrogen-bond donors (Lipinski definition) is 1. The summed E-state index contributed by atoms with van der Waals surface area (Å²) in [5.74, 6) is -0.429. The van der Waals surface area contributed by atoms with Crippen LogP contribution in [-0.4, -0.2) is 23.5 Å². The Hall–Kier alpha value is -2.06. The number of rotatable bonds is 4. The molecule has 1 aliphatic carbocycles. The zero-order chi connectivity index (χ0) is 13.5. The van der Waals surface area contributed by atoms with Crippen molar-refractivity contribution in [3.8, 4) is 6.07 Å². The van der Waals surface area contributed by atoms with Crippen LogP contribution < -0.4 is 5.76 Å². The third-order valence-corrected chi connectivity index (χ3v) is 3.60. The van der Waals surface area contributed by atoms with Gasteiger partial charge in [0.25, 0.3) is 0 Å². The minimum atomic E-state index is -0.429. The molecular formula is C14H15N3O2. The first-order valence-electron chi connectivity index (χ1n) is 6.32. The van der Waals surface area contributed by atoms with Gasteiger partial charge in [0.2, 0.25) is 0 Å². The zero-order valence-electron chi connectivity index (χ0n) is 10.8. The van der Waals surface area contributed by atoms with E-state index in [1.54, 1.807) is 0 Å². The topological polar surface area (TPSA) is 73.0 Å². The van der Waals surface area contributed by atoms with Gasteiger partial charge < -0.3 is 9.32 Å². The highest BCUT2D eigenvalue weighted by atomic mass is 16.4. The van der Waals surface area contributed by atoms with Crippen LogP contribution in [0.5, 0.6) is 0 Å². The molecule has 5 nitrogen and oxygen atoms in total. The Kier molecular flexibility index (Phi) is 2.68. The Morgan fingerprint density at radius 3 is 3.00 bits per heavy atom. The molecule has 19 heavy (non-hydrogen) atoms. The normalized spacial score (nSPS) is 16.7. The molecule has 0 bridgehead atoms. The van der Waals surface area contributed by atoms with Crippen LogP contribution in [0, 0.1) is 16.7 Å². The largest absolute Gasteiger partial charge is 0.417 e. The highest BCUT2D eigenvalue weighted by Crippen LogP contribution is 2.45. The van der Waals surface area contributed by atoms with E-state index in [0.717, 1.165) is 31.5 Å². The summed E-state index contributed by atoms with van der Waals surface area (Å²) in [6, 6.07) is 8.08. The molecule has 0 radical (unpaired) electrons. The summed E-state index contributed by atoms with van der Waals surface area (Å²) in [7, 11) is 2.01. The van der Waals surface area contributed by atoms with Crippen LogP contribution in [-0.2, 0) is 6.54 Å². The van der Waals surface area contributed by atoms with Crippen molar-refractivity contribution in [2.75, 3.05) is 13.6 Å². The van der Waals surface area contributed by atoms with Crippen molar-refractivity contribution in [1.82, 2.24) is 9.88 Å². The summed E-state index contributed by atoms with van der Waals surface area (Å²) in [6.07, 6.45) is 2.00. The molecule has 1 aliphatic rings. The second-order valence-corrected chi connectivity index (χ2v) is 5.41. The van der Waals surface area contributed by atoms with Crippen molar-refractivity contribution in [1.29, 1.82) is 5.26 Å². The zero-order valence-corrected chi connectivity index (χ0v) is 10.8. The summed E-state index contributed by atoms with van der Waals surface area (Å²) in [5.41, 5.74) is 2.25. The number of aromatic amines is 1. The van der Waals surface area contributed by atoms with Gasteiger partial charge in [-0.05, 0) is 37.6 Å². The molecule has 1 aromatic carbocycles. The van der Waals surface area contributed by atoms with Crippen LogP contribution in [0.15, 0.2) is 27.4 Å². The summed E-state index contributed by atoms with van der Waals surface area (Å²) >= 11 is 0. The monoisotopic (exact) mass is 257 g/mol. The van der Waals surface area contributed by atoms with E-state index in [0.29, 0.717) is 11.1 Å². The number of benzene rings is 1. The second-order valence-electron chi connectivity index (χ2n) is 5.41. The number of fused-ring (bicyclic) bond motifs is 1. The number of aromatic nitrogens is 1. The van der Waals surface area contributed by atoms with Gasteiger partial charge in [0.05, 0.1) is 17.0 Å². The Morgan fingerprint density at radius 2 is 2.32 bits per heavy atom. The van der Waals surface area contributed by atoms with Gasteiger partial charge in [-0.2, -0.15) is 5.26 Å². The van der Waals surface area contributed by atoms with Crippen molar-refractivity contribution in [3.05, 3.63) is 34.3 Å². The third-order valence-electron chi connectivity index (χ3n) is 3.60. The first kappa shape index (κ1) is 12.0. The van der Waals surface area contributed by atoms with E-state index in [1.807, 2.05) is 25.2 Å². The van der Waals surface area contributed by atoms with Crippen molar-refractivity contribution in [3.63, 3.8) is 0 Å². The maximum atomic E-state index is 11.1. The van der Waals surface area contributed by atoms with Crippen molar-refractivity contribution in [2.45, 2.75) is 19.4 Å². The molecule has 1 saturated carbocycles. The van der Waals surface area contributed by atoms with E-state index < -0.39 is 5.76 Å². The van der Waals surface area contributed by atoms with E-state index in [2.05, 4.69) is 16.0 Å². The van der Waals surface area contributed by atoms with E-state index in [1.165, 1.54) is 0 Å². The molecule has 98 valence electrons.